The Labute approximate surface area is 103 Å². The van der Waals surface area contributed by atoms with E-state index in [1.165, 1.54) is 0 Å². The number of pyridine rings is 1. The average molecular weight is 233 g/mol. The molecule has 4 heteroatoms. The van der Waals surface area contributed by atoms with Crippen LogP contribution < -0.4 is 4.90 Å². The molecule has 4 nitrogen and oxygen atoms in total. The zero-order valence-corrected chi connectivity index (χ0v) is 10.5. The van der Waals surface area contributed by atoms with Gasteiger partial charge in [-0.05, 0) is 25.5 Å². The van der Waals surface area contributed by atoms with Crippen LogP contribution in [0.3, 0.4) is 0 Å². The normalized spacial score (nSPS) is 10.0. The monoisotopic (exact) mass is 233 g/mol. The number of hydrogen-bond donors (Lipinski definition) is 1. The van der Waals surface area contributed by atoms with Crippen molar-refractivity contribution in [1.29, 1.82) is 5.26 Å². The molecule has 0 bridgehead atoms. The van der Waals surface area contributed by atoms with E-state index in [9.17, 15) is 0 Å². The van der Waals surface area contributed by atoms with E-state index < -0.39 is 0 Å². The number of anilines is 1. The third kappa shape index (κ3) is 4.04. The Morgan fingerprint density at radius 2 is 2.18 bits per heavy atom. The molecule has 1 heterocycles. The standard InChI is InChI=1S/C13H19N3O/c1-3-4-5-16(6-7-17)13-9-12(10-14)8-11(2)15-13/h8-9,17H,3-7H2,1-2H3. The molecule has 0 radical (unpaired) electrons. The van der Waals surface area contributed by atoms with Crippen LogP contribution in [0.1, 0.15) is 31.0 Å². The van der Waals surface area contributed by atoms with Gasteiger partial charge in [0.2, 0.25) is 0 Å². The fourth-order valence-corrected chi connectivity index (χ4v) is 1.69. The van der Waals surface area contributed by atoms with Gasteiger partial charge in [0.1, 0.15) is 5.82 Å². The Hall–Kier alpha value is -1.60. The quantitative estimate of drug-likeness (QED) is 0.814. The Kier molecular flexibility index (Phi) is 5.44. The highest BCUT2D eigenvalue weighted by Crippen LogP contribution is 2.15. The average Bonchev–Trinajstić information content (AvgIpc) is 2.33. The molecule has 0 atom stereocenters. The van der Waals surface area contributed by atoms with E-state index >= 15 is 0 Å². The number of aliphatic hydroxyl groups is 1. The summed E-state index contributed by atoms with van der Waals surface area (Å²) < 4.78 is 0. The molecule has 0 saturated carbocycles. The fourth-order valence-electron chi connectivity index (χ4n) is 1.69. The molecule has 0 aliphatic carbocycles. The van der Waals surface area contributed by atoms with Crippen LogP contribution in [0.4, 0.5) is 5.82 Å². The van der Waals surface area contributed by atoms with Gasteiger partial charge in [-0.2, -0.15) is 5.26 Å². The van der Waals surface area contributed by atoms with E-state index in [4.69, 9.17) is 10.4 Å². The lowest BCUT2D eigenvalue weighted by molar-refractivity contribution is 0.301. The number of aromatic nitrogens is 1. The lowest BCUT2D eigenvalue weighted by Crippen LogP contribution is -2.28. The van der Waals surface area contributed by atoms with Gasteiger partial charge in [-0.15, -0.1) is 0 Å². The summed E-state index contributed by atoms with van der Waals surface area (Å²) in [7, 11) is 0. The summed E-state index contributed by atoms with van der Waals surface area (Å²) in [5.74, 6) is 0.782. The molecule has 1 aromatic heterocycles. The second-order valence-corrected chi connectivity index (χ2v) is 4.03. The topological polar surface area (TPSA) is 60.1 Å². The highest BCUT2D eigenvalue weighted by atomic mass is 16.3. The largest absolute Gasteiger partial charge is 0.395 e. The molecule has 0 saturated heterocycles. The number of nitriles is 1. The van der Waals surface area contributed by atoms with Crippen LogP contribution in [0.25, 0.3) is 0 Å². The van der Waals surface area contributed by atoms with E-state index in [0.717, 1.165) is 30.9 Å². The highest BCUT2D eigenvalue weighted by Gasteiger charge is 2.08. The van der Waals surface area contributed by atoms with Gasteiger partial charge in [-0.3, -0.25) is 0 Å². The first-order chi connectivity index (χ1) is 8.21. The van der Waals surface area contributed by atoms with Gasteiger partial charge in [-0.1, -0.05) is 13.3 Å². The van der Waals surface area contributed by atoms with E-state index in [2.05, 4.69) is 18.0 Å². The van der Waals surface area contributed by atoms with E-state index in [-0.39, 0.29) is 6.61 Å². The molecule has 17 heavy (non-hydrogen) atoms. The van der Waals surface area contributed by atoms with Crippen molar-refractivity contribution in [1.82, 2.24) is 4.98 Å². The van der Waals surface area contributed by atoms with Crippen LogP contribution in [-0.2, 0) is 0 Å². The molecule has 1 aromatic rings. The minimum atomic E-state index is 0.0984. The summed E-state index contributed by atoms with van der Waals surface area (Å²) in [6, 6.07) is 5.67. The molecule has 0 aliphatic rings. The molecule has 0 aliphatic heterocycles. The lowest BCUT2D eigenvalue weighted by atomic mass is 10.2. The summed E-state index contributed by atoms with van der Waals surface area (Å²) >= 11 is 0. The predicted molar refractivity (Wildman–Crippen MR) is 67.9 cm³/mol. The van der Waals surface area contributed by atoms with Crippen molar-refractivity contribution in [2.75, 3.05) is 24.6 Å². The fraction of sp³-hybridized carbons (Fsp3) is 0.538. The number of hydrogen-bond acceptors (Lipinski definition) is 4. The van der Waals surface area contributed by atoms with Gasteiger partial charge in [-0.25, -0.2) is 4.98 Å². The van der Waals surface area contributed by atoms with Crippen molar-refractivity contribution >= 4 is 5.82 Å². The Balaban J connectivity index is 2.92. The van der Waals surface area contributed by atoms with E-state index in [1.54, 1.807) is 12.1 Å². The number of aryl methyl sites for hydroxylation is 1. The summed E-state index contributed by atoms with van der Waals surface area (Å²) in [6.07, 6.45) is 2.15. The predicted octanol–water partition coefficient (Wildman–Crippen LogP) is 1.86. The Morgan fingerprint density at radius 3 is 2.76 bits per heavy atom. The van der Waals surface area contributed by atoms with Crippen LogP contribution in [0.5, 0.6) is 0 Å². The van der Waals surface area contributed by atoms with Crippen LogP contribution in [0.15, 0.2) is 12.1 Å². The zero-order chi connectivity index (χ0) is 12.7. The Bertz CT molecular complexity index is 398. The van der Waals surface area contributed by atoms with Gasteiger partial charge in [0.05, 0.1) is 18.2 Å². The summed E-state index contributed by atoms with van der Waals surface area (Å²) in [5.41, 5.74) is 1.45. The first-order valence-electron chi connectivity index (χ1n) is 5.95. The van der Waals surface area contributed by atoms with E-state index in [1.807, 2.05) is 11.8 Å². The van der Waals surface area contributed by atoms with Gasteiger partial charge in [0.25, 0.3) is 0 Å². The molecule has 1 N–H and O–H groups in total. The van der Waals surface area contributed by atoms with Crippen LogP contribution in [-0.4, -0.2) is 29.8 Å². The third-order valence-corrected chi connectivity index (χ3v) is 2.54. The summed E-state index contributed by atoms with van der Waals surface area (Å²) in [6.45, 7) is 5.52. The van der Waals surface area contributed by atoms with Gasteiger partial charge < -0.3 is 10.0 Å². The molecular weight excluding hydrogens is 214 g/mol. The second kappa shape index (κ2) is 6.87. The summed E-state index contributed by atoms with van der Waals surface area (Å²) in [5, 5.41) is 18.0. The number of unbranched alkanes of at least 4 members (excludes halogenated alkanes) is 1. The maximum absolute atomic E-state index is 9.06. The van der Waals surface area contributed by atoms with Crippen LogP contribution >= 0.6 is 0 Å². The van der Waals surface area contributed by atoms with Gasteiger partial charge in [0, 0.05) is 18.8 Å². The lowest BCUT2D eigenvalue weighted by Gasteiger charge is -2.23. The molecule has 0 aromatic carbocycles. The molecule has 1 rings (SSSR count). The maximum Gasteiger partial charge on any atom is 0.130 e. The zero-order valence-electron chi connectivity index (χ0n) is 10.5. The first kappa shape index (κ1) is 13.5. The van der Waals surface area contributed by atoms with Crippen molar-refractivity contribution in [3.8, 4) is 6.07 Å². The van der Waals surface area contributed by atoms with Crippen LogP contribution in [0, 0.1) is 18.3 Å². The van der Waals surface area contributed by atoms with Crippen molar-refractivity contribution < 1.29 is 5.11 Å². The van der Waals surface area contributed by atoms with Crippen molar-refractivity contribution in [2.24, 2.45) is 0 Å². The maximum atomic E-state index is 9.06. The molecule has 0 spiro atoms. The minimum Gasteiger partial charge on any atom is -0.395 e. The molecule has 0 unspecified atom stereocenters. The van der Waals surface area contributed by atoms with Crippen LogP contribution in [0.2, 0.25) is 0 Å². The number of rotatable bonds is 6. The van der Waals surface area contributed by atoms with Crippen molar-refractivity contribution in [3.05, 3.63) is 23.4 Å². The van der Waals surface area contributed by atoms with Crippen molar-refractivity contribution in [2.45, 2.75) is 26.7 Å². The SMILES string of the molecule is CCCCN(CCO)c1cc(C#N)cc(C)n1. The highest BCUT2D eigenvalue weighted by molar-refractivity contribution is 5.46. The van der Waals surface area contributed by atoms with Crippen molar-refractivity contribution in [3.63, 3.8) is 0 Å². The third-order valence-electron chi connectivity index (χ3n) is 2.54. The first-order valence-corrected chi connectivity index (χ1v) is 5.95. The molecule has 0 amide bonds. The number of aliphatic hydroxyl groups excluding tert-OH is 1. The Morgan fingerprint density at radius 1 is 1.41 bits per heavy atom. The van der Waals surface area contributed by atoms with E-state index in [0.29, 0.717) is 12.1 Å². The van der Waals surface area contributed by atoms with Gasteiger partial charge >= 0.3 is 0 Å². The molecule has 0 fully saturated rings. The molecule has 92 valence electrons. The van der Waals surface area contributed by atoms with Gasteiger partial charge in [0.15, 0.2) is 0 Å². The number of nitrogens with zero attached hydrogens (tertiary/aromatic N) is 3. The molecular formula is C13H19N3O. The summed E-state index contributed by atoms with van der Waals surface area (Å²) in [4.78, 5) is 6.44. The second-order valence-electron chi connectivity index (χ2n) is 4.03. The smallest absolute Gasteiger partial charge is 0.130 e. The minimum absolute atomic E-state index is 0.0984.